The maximum atomic E-state index is 11.9. The fourth-order valence-electron chi connectivity index (χ4n) is 2.80. The second-order valence-electron chi connectivity index (χ2n) is 4.62. The van der Waals surface area contributed by atoms with Crippen molar-refractivity contribution in [1.29, 1.82) is 0 Å². The largest absolute Gasteiger partial charge is 0.341 e. The van der Waals surface area contributed by atoms with Crippen molar-refractivity contribution in [1.82, 2.24) is 4.90 Å². The average molecular weight is 213 g/mol. The summed E-state index contributed by atoms with van der Waals surface area (Å²) in [5.74, 6) is 1.86. The van der Waals surface area contributed by atoms with Crippen LogP contribution in [0.4, 0.5) is 0 Å². The molecule has 2 rings (SSSR count). The zero-order chi connectivity index (χ0) is 10.1. The average Bonchev–Trinajstić information content (AvgIpc) is 2.74. The van der Waals surface area contributed by atoms with Gasteiger partial charge in [-0.15, -0.1) is 0 Å². The Bertz CT molecular complexity index is 219. The van der Waals surface area contributed by atoms with Gasteiger partial charge in [-0.1, -0.05) is 13.3 Å². The molecule has 2 aliphatic rings. The van der Waals surface area contributed by atoms with Gasteiger partial charge in [0.2, 0.25) is 5.91 Å². The Kier molecular flexibility index (Phi) is 3.05. The van der Waals surface area contributed by atoms with Gasteiger partial charge in [0.25, 0.3) is 0 Å². The highest BCUT2D eigenvalue weighted by Gasteiger charge is 2.38. The minimum atomic E-state index is -0.0752. The molecule has 0 bridgehead atoms. The number of amides is 1. The Morgan fingerprint density at radius 1 is 1.43 bits per heavy atom. The van der Waals surface area contributed by atoms with Crippen molar-refractivity contribution >= 4 is 18.5 Å². The van der Waals surface area contributed by atoms with E-state index in [1.807, 2.05) is 11.8 Å². The first-order valence-electron chi connectivity index (χ1n) is 5.69. The van der Waals surface area contributed by atoms with Crippen LogP contribution in [0.2, 0.25) is 0 Å². The van der Waals surface area contributed by atoms with Crippen molar-refractivity contribution in [3.63, 3.8) is 0 Å². The second-order valence-corrected chi connectivity index (χ2v) is 5.24. The molecule has 1 aliphatic carbocycles. The number of rotatable bonds is 2. The van der Waals surface area contributed by atoms with Crippen LogP contribution in [0, 0.1) is 11.8 Å². The van der Waals surface area contributed by atoms with Crippen molar-refractivity contribution in [2.75, 3.05) is 13.1 Å². The molecule has 0 aromatic heterocycles. The van der Waals surface area contributed by atoms with E-state index in [1.165, 1.54) is 19.3 Å². The first-order chi connectivity index (χ1) is 6.72. The predicted octanol–water partition coefficient (Wildman–Crippen LogP) is 1.95. The van der Waals surface area contributed by atoms with Crippen LogP contribution in [0.1, 0.15) is 32.6 Å². The third kappa shape index (κ3) is 1.79. The van der Waals surface area contributed by atoms with Crippen LogP contribution < -0.4 is 0 Å². The molecule has 1 heterocycles. The van der Waals surface area contributed by atoms with Gasteiger partial charge in [0.1, 0.15) is 0 Å². The van der Waals surface area contributed by atoms with Crippen LogP contribution in [-0.2, 0) is 4.79 Å². The number of likely N-dealkylation sites (tertiary alicyclic amines) is 1. The molecule has 3 atom stereocenters. The molecule has 1 aliphatic heterocycles. The van der Waals surface area contributed by atoms with E-state index in [9.17, 15) is 4.79 Å². The van der Waals surface area contributed by atoms with Crippen molar-refractivity contribution in [3.05, 3.63) is 0 Å². The zero-order valence-corrected chi connectivity index (χ0v) is 9.67. The molecule has 2 nitrogen and oxygen atoms in total. The lowest BCUT2D eigenvalue weighted by molar-refractivity contribution is -0.129. The molecule has 3 unspecified atom stereocenters. The van der Waals surface area contributed by atoms with Gasteiger partial charge in [-0.05, 0) is 31.1 Å². The molecule has 1 saturated carbocycles. The van der Waals surface area contributed by atoms with E-state index in [0.29, 0.717) is 0 Å². The summed E-state index contributed by atoms with van der Waals surface area (Å²) in [6.45, 7) is 4.02. The van der Waals surface area contributed by atoms with Crippen LogP contribution in [-0.4, -0.2) is 29.1 Å². The zero-order valence-electron chi connectivity index (χ0n) is 8.78. The summed E-state index contributed by atoms with van der Waals surface area (Å²) in [4.78, 5) is 13.9. The van der Waals surface area contributed by atoms with E-state index in [2.05, 4.69) is 12.6 Å². The predicted molar refractivity (Wildman–Crippen MR) is 60.5 cm³/mol. The van der Waals surface area contributed by atoms with Gasteiger partial charge < -0.3 is 4.90 Å². The van der Waals surface area contributed by atoms with Crippen LogP contribution in [0.5, 0.6) is 0 Å². The van der Waals surface area contributed by atoms with Gasteiger partial charge >= 0.3 is 0 Å². The van der Waals surface area contributed by atoms with E-state index in [0.717, 1.165) is 31.3 Å². The summed E-state index contributed by atoms with van der Waals surface area (Å²) in [6.07, 6.45) is 4.87. The van der Waals surface area contributed by atoms with Crippen LogP contribution >= 0.6 is 12.6 Å². The number of carbonyl (C=O) groups excluding carboxylic acids is 1. The number of hydrogen-bond acceptors (Lipinski definition) is 2. The molecule has 3 heteroatoms. The Morgan fingerprint density at radius 2 is 2.00 bits per heavy atom. The smallest absolute Gasteiger partial charge is 0.235 e. The van der Waals surface area contributed by atoms with Crippen LogP contribution in [0.3, 0.4) is 0 Å². The molecular formula is C11H19NOS. The summed E-state index contributed by atoms with van der Waals surface area (Å²) in [6, 6.07) is 0. The maximum absolute atomic E-state index is 11.9. The molecule has 80 valence electrons. The van der Waals surface area contributed by atoms with Gasteiger partial charge in [0.15, 0.2) is 0 Å². The fourth-order valence-corrected chi connectivity index (χ4v) is 2.96. The highest BCUT2D eigenvalue weighted by Crippen LogP contribution is 2.38. The van der Waals surface area contributed by atoms with E-state index in [1.54, 1.807) is 0 Å². The Balaban J connectivity index is 1.92. The maximum Gasteiger partial charge on any atom is 0.235 e. The minimum absolute atomic E-state index is 0.0752. The number of hydrogen-bond donors (Lipinski definition) is 1. The number of carbonyl (C=O) groups is 1. The van der Waals surface area contributed by atoms with Crippen molar-refractivity contribution in [2.45, 2.75) is 37.9 Å². The summed E-state index contributed by atoms with van der Waals surface area (Å²) in [5, 5.41) is -0.0752. The molecule has 1 amide bonds. The van der Waals surface area contributed by atoms with Gasteiger partial charge in [0.05, 0.1) is 5.25 Å². The summed E-state index contributed by atoms with van der Waals surface area (Å²) >= 11 is 4.32. The molecule has 0 radical (unpaired) electrons. The van der Waals surface area contributed by atoms with E-state index in [-0.39, 0.29) is 11.2 Å². The fraction of sp³-hybridized carbons (Fsp3) is 0.909. The molecule has 2 fully saturated rings. The molecule has 1 saturated heterocycles. The van der Waals surface area contributed by atoms with Gasteiger partial charge in [-0.2, -0.15) is 12.6 Å². The quantitative estimate of drug-likeness (QED) is 0.695. The van der Waals surface area contributed by atoms with Crippen molar-refractivity contribution in [3.8, 4) is 0 Å². The van der Waals surface area contributed by atoms with E-state index >= 15 is 0 Å². The number of nitrogens with zero attached hydrogens (tertiary/aromatic N) is 1. The monoisotopic (exact) mass is 213 g/mol. The second kappa shape index (κ2) is 4.13. The summed E-state index contributed by atoms with van der Waals surface area (Å²) < 4.78 is 0. The van der Waals surface area contributed by atoms with Gasteiger partial charge in [-0.3, -0.25) is 4.79 Å². The van der Waals surface area contributed by atoms with Gasteiger partial charge in [-0.25, -0.2) is 0 Å². The molecule has 0 aromatic carbocycles. The van der Waals surface area contributed by atoms with E-state index < -0.39 is 0 Å². The Hall–Kier alpha value is -0.180. The van der Waals surface area contributed by atoms with Crippen molar-refractivity contribution in [2.24, 2.45) is 11.8 Å². The number of thiol groups is 1. The lowest BCUT2D eigenvalue weighted by Crippen LogP contribution is -2.35. The minimum Gasteiger partial charge on any atom is -0.341 e. The van der Waals surface area contributed by atoms with Crippen LogP contribution in [0.25, 0.3) is 0 Å². The molecule has 0 spiro atoms. The Labute approximate surface area is 91.5 Å². The number of fused-ring (bicyclic) bond motifs is 1. The van der Waals surface area contributed by atoms with E-state index in [4.69, 9.17) is 0 Å². The molecular weight excluding hydrogens is 194 g/mol. The first-order valence-corrected chi connectivity index (χ1v) is 6.21. The summed E-state index contributed by atoms with van der Waals surface area (Å²) in [7, 11) is 0. The highest BCUT2D eigenvalue weighted by molar-refractivity contribution is 7.81. The third-order valence-electron chi connectivity index (χ3n) is 3.71. The lowest BCUT2D eigenvalue weighted by Gasteiger charge is -2.20. The standard InChI is InChI=1S/C11H19NOS/c1-2-10(14)11(13)12-6-8-4-3-5-9(8)7-12/h8-10,14H,2-7H2,1H3. The SMILES string of the molecule is CCC(S)C(=O)N1CC2CCCC2C1. The first kappa shape index (κ1) is 10.3. The van der Waals surface area contributed by atoms with Gasteiger partial charge in [0, 0.05) is 13.1 Å². The van der Waals surface area contributed by atoms with Crippen molar-refractivity contribution < 1.29 is 4.79 Å². The topological polar surface area (TPSA) is 20.3 Å². The lowest BCUT2D eigenvalue weighted by atomic mass is 10.0. The normalized spacial score (nSPS) is 33.1. The summed E-state index contributed by atoms with van der Waals surface area (Å²) in [5.41, 5.74) is 0. The van der Waals surface area contributed by atoms with Crippen LogP contribution in [0.15, 0.2) is 0 Å². The molecule has 0 aromatic rings. The molecule has 0 N–H and O–H groups in total. The third-order valence-corrected chi connectivity index (χ3v) is 4.30. The highest BCUT2D eigenvalue weighted by atomic mass is 32.1. The Morgan fingerprint density at radius 3 is 2.50 bits per heavy atom. The molecule has 14 heavy (non-hydrogen) atoms.